The van der Waals surface area contributed by atoms with Crippen molar-refractivity contribution in [1.29, 1.82) is 0 Å². The van der Waals surface area contributed by atoms with Crippen LogP contribution in [0.15, 0.2) is 52.5 Å². The van der Waals surface area contributed by atoms with Gasteiger partial charge in [-0.25, -0.2) is 0 Å². The first-order valence-electron chi connectivity index (χ1n) is 15.1. The molecule has 1 aromatic carbocycles. The lowest BCUT2D eigenvalue weighted by atomic mass is 9.49. The van der Waals surface area contributed by atoms with Crippen LogP contribution in [-0.2, 0) is 33.2 Å². The molecule has 0 radical (unpaired) electrons. The number of ether oxygens (including phenoxy) is 4. The first-order valence-corrected chi connectivity index (χ1v) is 16.5. The molecule has 0 N–H and O–H groups in total. The van der Waals surface area contributed by atoms with Crippen molar-refractivity contribution in [2.45, 2.75) is 83.3 Å². The van der Waals surface area contributed by atoms with E-state index in [0.29, 0.717) is 17.8 Å². The second-order valence-corrected chi connectivity index (χ2v) is 14.8. The normalized spacial score (nSPS) is 35.6. The molecule has 0 heterocycles. The van der Waals surface area contributed by atoms with Gasteiger partial charge in [-0.1, -0.05) is 61.8 Å². The summed E-state index contributed by atoms with van der Waals surface area (Å²) in [4.78, 5) is 0.224. The third-order valence-electron chi connectivity index (χ3n) is 11.0. The molecule has 8 atom stereocenters. The Balaban J connectivity index is 1.33. The van der Waals surface area contributed by atoms with Gasteiger partial charge in [-0.3, -0.25) is 4.18 Å². The molecule has 4 aliphatic rings. The van der Waals surface area contributed by atoms with Crippen molar-refractivity contribution in [3.63, 3.8) is 0 Å². The molecule has 0 spiro atoms. The van der Waals surface area contributed by atoms with Crippen LogP contribution >= 0.6 is 0 Å². The Morgan fingerprint density at radius 3 is 2.37 bits per heavy atom. The minimum absolute atomic E-state index is 0.00105. The molecule has 5 rings (SSSR count). The zero-order valence-corrected chi connectivity index (χ0v) is 26.4. The van der Waals surface area contributed by atoms with Crippen LogP contribution in [-0.4, -0.2) is 55.0 Å². The van der Waals surface area contributed by atoms with E-state index in [-0.39, 0.29) is 54.0 Å². The molecule has 8 heteroatoms. The van der Waals surface area contributed by atoms with Gasteiger partial charge < -0.3 is 18.9 Å². The molecule has 41 heavy (non-hydrogen) atoms. The number of fused-ring (bicyclic) bond motifs is 5. The van der Waals surface area contributed by atoms with E-state index in [9.17, 15) is 8.42 Å². The topological polar surface area (TPSA) is 80.3 Å². The summed E-state index contributed by atoms with van der Waals surface area (Å²) in [7, 11) is -0.444. The van der Waals surface area contributed by atoms with Crippen LogP contribution in [0.3, 0.4) is 0 Å². The molecular formula is C33H48O7S. The molecule has 1 unspecified atom stereocenters. The minimum atomic E-state index is -3.78. The van der Waals surface area contributed by atoms with Gasteiger partial charge in [0.25, 0.3) is 10.1 Å². The standard InChI is InChI=1S/C33H48O7S/c1-22-7-10-26(11-8-22)41(34,35)40-19-23(2)28-13-14-29-27-12-9-24-17-25(38-20-36-5)18-31(39-21-37-6)33(24,4)30(27)15-16-32(28,29)3/h7-12,23,25,28-31H,13-21H2,1-6H3/t23?,25-,28-,29+,30+,31+,32-,33+/m1/s1. The highest BCUT2D eigenvalue weighted by Gasteiger charge is 2.59. The van der Waals surface area contributed by atoms with Crippen molar-refractivity contribution >= 4 is 10.1 Å². The number of hydrogen-bond donors (Lipinski definition) is 0. The number of rotatable bonds is 11. The largest absolute Gasteiger partial charge is 0.359 e. The van der Waals surface area contributed by atoms with E-state index < -0.39 is 10.1 Å². The van der Waals surface area contributed by atoms with Gasteiger partial charge in [0.15, 0.2) is 0 Å². The summed E-state index contributed by atoms with van der Waals surface area (Å²) in [6.07, 6.45) is 10.9. The number of benzene rings is 1. The molecule has 0 saturated heterocycles. The number of aryl methyl sites for hydroxylation is 1. The average molecular weight is 589 g/mol. The molecule has 1 aromatic rings. The molecule has 0 aromatic heterocycles. The van der Waals surface area contributed by atoms with Gasteiger partial charge in [-0.15, -0.1) is 0 Å². The second-order valence-electron chi connectivity index (χ2n) is 13.2. The lowest BCUT2D eigenvalue weighted by molar-refractivity contribution is -0.163. The summed E-state index contributed by atoms with van der Waals surface area (Å²) < 4.78 is 54.4. The van der Waals surface area contributed by atoms with Crippen molar-refractivity contribution in [2.75, 3.05) is 34.4 Å². The van der Waals surface area contributed by atoms with E-state index >= 15 is 0 Å². The van der Waals surface area contributed by atoms with Gasteiger partial charge in [0, 0.05) is 26.1 Å². The fourth-order valence-electron chi connectivity index (χ4n) is 8.75. The number of allylic oxidation sites excluding steroid dienone is 3. The minimum Gasteiger partial charge on any atom is -0.359 e. The molecule has 0 bridgehead atoms. The van der Waals surface area contributed by atoms with Crippen molar-refractivity contribution in [3.05, 3.63) is 53.1 Å². The Bertz CT molecular complexity index is 1240. The molecular weight excluding hydrogens is 540 g/mol. The van der Waals surface area contributed by atoms with Crippen LogP contribution in [0.25, 0.3) is 0 Å². The first kappa shape index (κ1) is 30.9. The maximum absolute atomic E-state index is 12.9. The monoisotopic (exact) mass is 588 g/mol. The van der Waals surface area contributed by atoms with Gasteiger partial charge in [-0.2, -0.15) is 8.42 Å². The molecule has 4 aliphatic carbocycles. The van der Waals surface area contributed by atoms with Crippen molar-refractivity contribution in [1.82, 2.24) is 0 Å². The van der Waals surface area contributed by atoms with Gasteiger partial charge >= 0.3 is 0 Å². The Hall–Kier alpha value is -1.55. The van der Waals surface area contributed by atoms with Crippen LogP contribution in [0.5, 0.6) is 0 Å². The first-order chi connectivity index (χ1) is 19.5. The van der Waals surface area contributed by atoms with Crippen LogP contribution in [0.2, 0.25) is 0 Å². The van der Waals surface area contributed by atoms with Crippen molar-refractivity contribution < 1.29 is 31.5 Å². The Labute approximate surface area is 246 Å². The van der Waals surface area contributed by atoms with Gasteiger partial charge in [0.1, 0.15) is 13.6 Å². The molecule has 3 fully saturated rings. The summed E-state index contributed by atoms with van der Waals surface area (Å²) in [5.41, 5.74) is 3.99. The quantitative estimate of drug-likeness (QED) is 0.218. The third kappa shape index (κ3) is 5.73. The van der Waals surface area contributed by atoms with E-state index in [0.717, 1.165) is 44.1 Å². The highest BCUT2D eigenvalue weighted by molar-refractivity contribution is 7.86. The Morgan fingerprint density at radius 1 is 0.951 bits per heavy atom. The van der Waals surface area contributed by atoms with E-state index in [1.807, 2.05) is 19.1 Å². The SMILES string of the molecule is COCO[C@@H]1CC2=CC=C3[C@@H]4CC[C@H](C(C)COS(=O)(=O)c5ccc(C)cc5)[C@@]4(C)CC[C@@H]3[C@@]2(C)[C@@H](OCOC)C1. The lowest BCUT2D eigenvalue weighted by Gasteiger charge is -2.57. The Kier molecular flexibility index (Phi) is 9.20. The molecule has 7 nitrogen and oxygen atoms in total. The lowest BCUT2D eigenvalue weighted by Crippen LogP contribution is -2.53. The highest BCUT2D eigenvalue weighted by Crippen LogP contribution is 2.66. The summed E-state index contributed by atoms with van der Waals surface area (Å²) in [5, 5.41) is 0. The van der Waals surface area contributed by atoms with Crippen LogP contribution in [0, 0.1) is 41.4 Å². The third-order valence-corrected chi connectivity index (χ3v) is 12.3. The fourth-order valence-corrected chi connectivity index (χ4v) is 9.75. The van der Waals surface area contributed by atoms with Crippen LogP contribution < -0.4 is 0 Å². The van der Waals surface area contributed by atoms with Gasteiger partial charge in [0.2, 0.25) is 0 Å². The molecule has 228 valence electrons. The van der Waals surface area contributed by atoms with Crippen molar-refractivity contribution in [3.8, 4) is 0 Å². The predicted molar refractivity (Wildman–Crippen MR) is 158 cm³/mol. The average Bonchev–Trinajstić information content (AvgIpc) is 3.31. The van der Waals surface area contributed by atoms with E-state index in [4.69, 9.17) is 23.1 Å². The summed E-state index contributed by atoms with van der Waals surface area (Å²) in [6.45, 7) is 9.70. The van der Waals surface area contributed by atoms with Gasteiger partial charge in [0.05, 0.1) is 23.7 Å². The van der Waals surface area contributed by atoms with Crippen LogP contribution in [0.1, 0.15) is 64.9 Å². The zero-order valence-electron chi connectivity index (χ0n) is 25.6. The smallest absolute Gasteiger partial charge is 0.296 e. The number of methoxy groups -OCH3 is 2. The Morgan fingerprint density at radius 2 is 1.66 bits per heavy atom. The van der Waals surface area contributed by atoms with E-state index in [2.05, 4.69) is 32.9 Å². The number of hydrogen-bond acceptors (Lipinski definition) is 7. The molecule has 0 aliphatic heterocycles. The second kappa shape index (κ2) is 12.2. The van der Waals surface area contributed by atoms with Crippen LogP contribution in [0.4, 0.5) is 0 Å². The highest BCUT2D eigenvalue weighted by atomic mass is 32.2. The van der Waals surface area contributed by atoms with Crippen molar-refractivity contribution in [2.24, 2.45) is 34.5 Å². The zero-order chi connectivity index (χ0) is 29.4. The summed E-state index contributed by atoms with van der Waals surface area (Å²) >= 11 is 0. The maximum atomic E-state index is 12.9. The molecule has 3 saturated carbocycles. The maximum Gasteiger partial charge on any atom is 0.296 e. The van der Waals surface area contributed by atoms with E-state index in [1.54, 1.807) is 31.9 Å². The summed E-state index contributed by atoms with van der Waals surface area (Å²) in [5.74, 6) is 1.43. The van der Waals surface area contributed by atoms with E-state index in [1.165, 1.54) is 5.57 Å². The predicted octanol–water partition coefficient (Wildman–Crippen LogP) is 6.42. The summed E-state index contributed by atoms with van der Waals surface area (Å²) in [6, 6.07) is 6.87. The molecule has 0 amide bonds. The fraction of sp³-hybridized carbons (Fsp3) is 0.697. The van der Waals surface area contributed by atoms with Gasteiger partial charge in [-0.05, 0) is 80.2 Å².